The third-order valence-electron chi connectivity index (χ3n) is 4.62. The van der Waals surface area contributed by atoms with Gasteiger partial charge in [0.25, 0.3) is 0 Å². The molecule has 0 saturated heterocycles. The third kappa shape index (κ3) is 4.45. The minimum absolute atomic E-state index is 0.112. The van der Waals surface area contributed by atoms with Crippen molar-refractivity contribution < 1.29 is 9.84 Å². The van der Waals surface area contributed by atoms with Crippen LogP contribution in [0.1, 0.15) is 43.6 Å². The minimum Gasteiger partial charge on any atom is -0.439 e. The Kier molecular flexibility index (Phi) is 5.69. The molecule has 0 aliphatic rings. The summed E-state index contributed by atoms with van der Waals surface area (Å²) in [4.78, 5) is 4.47. The fourth-order valence-electron chi connectivity index (χ4n) is 2.80. The number of aryl methyl sites for hydroxylation is 1. The van der Waals surface area contributed by atoms with Crippen molar-refractivity contribution in [1.29, 1.82) is 5.26 Å². The average molecular weight is 391 g/mol. The first kappa shape index (κ1) is 20.5. The van der Waals surface area contributed by atoms with Gasteiger partial charge in [0, 0.05) is 30.3 Å². The van der Waals surface area contributed by atoms with E-state index in [2.05, 4.69) is 36.9 Å². The predicted molar refractivity (Wildman–Crippen MR) is 110 cm³/mol. The molecule has 2 heterocycles. The summed E-state index contributed by atoms with van der Waals surface area (Å²) in [5.74, 6) is 1.09. The summed E-state index contributed by atoms with van der Waals surface area (Å²) in [6.45, 7) is 6.11. The van der Waals surface area contributed by atoms with Crippen LogP contribution in [0.2, 0.25) is 0 Å². The van der Waals surface area contributed by atoms with Gasteiger partial charge in [0.2, 0.25) is 5.88 Å². The second kappa shape index (κ2) is 8.03. The Morgan fingerprint density at radius 3 is 2.55 bits per heavy atom. The van der Waals surface area contributed by atoms with Crippen LogP contribution in [0.4, 0.5) is 0 Å². The third-order valence-corrected chi connectivity index (χ3v) is 4.62. The minimum atomic E-state index is -0.474. The van der Waals surface area contributed by atoms with Crippen molar-refractivity contribution in [2.75, 3.05) is 6.61 Å². The first-order valence-corrected chi connectivity index (χ1v) is 9.32. The fourth-order valence-corrected chi connectivity index (χ4v) is 2.80. The average Bonchev–Trinajstić information content (AvgIpc) is 3.08. The molecule has 0 saturated carbocycles. The zero-order chi connectivity index (χ0) is 21.2. The molecule has 3 aromatic rings. The number of aromatic nitrogens is 3. The molecule has 1 atom stereocenters. The number of hydrogen-bond acceptors (Lipinski definition) is 6. The van der Waals surface area contributed by atoms with E-state index in [1.807, 2.05) is 31.3 Å². The first-order valence-electron chi connectivity index (χ1n) is 9.32. The normalized spacial score (nSPS) is 12.4. The van der Waals surface area contributed by atoms with E-state index in [4.69, 9.17) is 10.5 Å². The van der Waals surface area contributed by atoms with E-state index in [-0.39, 0.29) is 12.0 Å². The fraction of sp³-hybridized carbons (Fsp3) is 0.318. The van der Waals surface area contributed by atoms with E-state index in [0.717, 1.165) is 16.8 Å². The highest BCUT2D eigenvalue weighted by atomic mass is 16.5. The van der Waals surface area contributed by atoms with Crippen LogP contribution in [-0.2, 0) is 12.5 Å². The quantitative estimate of drug-likeness (QED) is 0.689. The van der Waals surface area contributed by atoms with Gasteiger partial charge in [-0.15, -0.1) is 0 Å². The van der Waals surface area contributed by atoms with Gasteiger partial charge in [-0.3, -0.25) is 4.98 Å². The smallest absolute Gasteiger partial charge is 0.217 e. The summed E-state index contributed by atoms with van der Waals surface area (Å²) < 4.78 is 7.84. The van der Waals surface area contributed by atoms with Gasteiger partial charge < -0.3 is 15.6 Å². The number of hydrogen-bond donors (Lipinski definition) is 2. The summed E-state index contributed by atoms with van der Waals surface area (Å²) in [7, 11) is 1.82. The van der Waals surface area contributed by atoms with Gasteiger partial charge in [-0.2, -0.15) is 10.4 Å². The van der Waals surface area contributed by atoms with Crippen molar-refractivity contribution in [2.24, 2.45) is 12.8 Å². The van der Waals surface area contributed by atoms with Crippen molar-refractivity contribution in [2.45, 2.75) is 32.2 Å². The summed E-state index contributed by atoms with van der Waals surface area (Å²) >= 11 is 0. The molecule has 1 unspecified atom stereocenters. The molecule has 29 heavy (non-hydrogen) atoms. The van der Waals surface area contributed by atoms with Gasteiger partial charge in [-0.1, -0.05) is 26.8 Å². The maximum Gasteiger partial charge on any atom is 0.217 e. The molecular formula is C22H25N5O2. The van der Waals surface area contributed by atoms with Crippen molar-refractivity contribution in [3.05, 3.63) is 59.4 Å². The van der Waals surface area contributed by atoms with Crippen LogP contribution in [0.5, 0.6) is 11.6 Å². The van der Waals surface area contributed by atoms with Crippen LogP contribution < -0.4 is 10.5 Å². The highest BCUT2D eigenvalue weighted by molar-refractivity contribution is 5.69. The van der Waals surface area contributed by atoms with E-state index in [0.29, 0.717) is 22.9 Å². The number of aliphatic hydroxyl groups excluding tert-OH is 1. The van der Waals surface area contributed by atoms with Gasteiger partial charge >= 0.3 is 0 Å². The van der Waals surface area contributed by atoms with Crippen LogP contribution in [0.3, 0.4) is 0 Å². The van der Waals surface area contributed by atoms with Crippen LogP contribution in [0.15, 0.2) is 42.6 Å². The SMILES string of the molecule is Cn1nc(C(C)(C)C)cc1Oc1cc(C#N)ccc1-c1ccc(C(N)CO)cn1. The van der Waals surface area contributed by atoms with E-state index in [1.165, 1.54) is 0 Å². The molecule has 3 rings (SSSR count). The van der Waals surface area contributed by atoms with Gasteiger partial charge in [0.05, 0.1) is 35.7 Å². The number of benzene rings is 1. The van der Waals surface area contributed by atoms with Crippen LogP contribution in [0.25, 0.3) is 11.3 Å². The number of nitrogens with zero attached hydrogens (tertiary/aromatic N) is 4. The Morgan fingerprint density at radius 2 is 2.00 bits per heavy atom. The van der Waals surface area contributed by atoms with Crippen molar-refractivity contribution >= 4 is 0 Å². The molecule has 0 fully saturated rings. The number of nitriles is 1. The molecule has 0 aliphatic heterocycles. The zero-order valence-electron chi connectivity index (χ0n) is 17.0. The van der Waals surface area contributed by atoms with Crippen molar-refractivity contribution in [1.82, 2.24) is 14.8 Å². The second-order valence-electron chi connectivity index (χ2n) is 7.93. The molecule has 7 nitrogen and oxygen atoms in total. The molecule has 0 aliphatic carbocycles. The molecule has 1 aromatic carbocycles. The van der Waals surface area contributed by atoms with Gasteiger partial charge in [0.15, 0.2) is 0 Å². The molecule has 0 spiro atoms. The maximum atomic E-state index is 9.30. The van der Waals surface area contributed by atoms with Crippen LogP contribution >= 0.6 is 0 Å². The number of ether oxygens (including phenoxy) is 1. The van der Waals surface area contributed by atoms with Crippen LogP contribution in [0, 0.1) is 11.3 Å². The molecular weight excluding hydrogens is 366 g/mol. The predicted octanol–water partition coefficient (Wildman–Crippen LogP) is 3.44. The lowest BCUT2D eigenvalue weighted by Crippen LogP contribution is -2.14. The Morgan fingerprint density at radius 1 is 1.24 bits per heavy atom. The van der Waals surface area contributed by atoms with Crippen molar-refractivity contribution in [3.63, 3.8) is 0 Å². The van der Waals surface area contributed by atoms with E-state index >= 15 is 0 Å². The molecule has 3 N–H and O–H groups in total. The number of pyridine rings is 1. The Bertz CT molecular complexity index is 1040. The lowest BCUT2D eigenvalue weighted by Gasteiger charge is -2.13. The largest absolute Gasteiger partial charge is 0.439 e. The Hall–Kier alpha value is -3.21. The molecule has 150 valence electrons. The van der Waals surface area contributed by atoms with Gasteiger partial charge in [0.1, 0.15) is 5.75 Å². The molecule has 7 heteroatoms. The second-order valence-corrected chi connectivity index (χ2v) is 7.93. The molecule has 0 radical (unpaired) electrons. The van der Waals surface area contributed by atoms with Gasteiger partial charge in [-0.05, 0) is 29.8 Å². The van der Waals surface area contributed by atoms with E-state index in [1.54, 1.807) is 23.0 Å². The first-order chi connectivity index (χ1) is 13.7. The molecule has 2 aromatic heterocycles. The summed E-state index contributed by atoms with van der Waals surface area (Å²) in [6.07, 6.45) is 1.64. The number of nitrogens with two attached hydrogens (primary N) is 1. The topological polar surface area (TPSA) is 110 Å². The summed E-state index contributed by atoms with van der Waals surface area (Å²) in [6, 6.07) is 12.4. The van der Waals surface area contributed by atoms with Gasteiger partial charge in [-0.25, -0.2) is 4.68 Å². The standard InChI is InChI=1S/C22H25N5O2/c1-22(2,3)20-10-21(27(4)26-20)29-19-9-14(11-23)5-7-16(19)18-8-6-15(12-25-18)17(24)13-28/h5-10,12,17,28H,13,24H2,1-4H3. The summed E-state index contributed by atoms with van der Waals surface area (Å²) in [5.41, 5.74) is 9.30. The zero-order valence-corrected chi connectivity index (χ0v) is 17.0. The van der Waals surface area contributed by atoms with Crippen molar-refractivity contribution in [3.8, 4) is 29.0 Å². The number of aliphatic hydroxyl groups is 1. The molecule has 0 amide bonds. The Balaban J connectivity index is 2.01. The summed E-state index contributed by atoms with van der Waals surface area (Å²) in [5, 5.41) is 23.1. The van der Waals surface area contributed by atoms with E-state index in [9.17, 15) is 10.4 Å². The maximum absolute atomic E-state index is 9.30. The Labute approximate surface area is 170 Å². The van der Waals surface area contributed by atoms with Crippen LogP contribution in [-0.4, -0.2) is 26.5 Å². The number of rotatable bonds is 5. The molecule has 0 bridgehead atoms. The lowest BCUT2D eigenvalue weighted by atomic mass is 9.93. The highest BCUT2D eigenvalue weighted by Gasteiger charge is 2.21. The van der Waals surface area contributed by atoms with E-state index < -0.39 is 6.04 Å². The highest BCUT2D eigenvalue weighted by Crippen LogP contribution is 2.35. The monoisotopic (exact) mass is 391 g/mol. The lowest BCUT2D eigenvalue weighted by molar-refractivity contribution is 0.268.